The minimum atomic E-state index is -0.415. The maximum absolute atomic E-state index is 11.9. The molecule has 7 heteroatoms. The fourth-order valence-corrected chi connectivity index (χ4v) is 2.38. The summed E-state index contributed by atoms with van der Waals surface area (Å²) in [7, 11) is 0. The van der Waals surface area contributed by atoms with Crippen LogP contribution in [-0.2, 0) is 9.47 Å². The molecule has 0 amide bonds. The largest absolute Gasteiger partial charge is 0.461 e. The minimum Gasteiger partial charge on any atom is -0.461 e. The van der Waals surface area contributed by atoms with E-state index in [9.17, 15) is 4.79 Å². The zero-order chi connectivity index (χ0) is 15.1. The summed E-state index contributed by atoms with van der Waals surface area (Å²) >= 11 is 3.30. The Morgan fingerprint density at radius 1 is 1.48 bits per heavy atom. The van der Waals surface area contributed by atoms with E-state index in [2.05, 4.69) is 31.2 Å². The molecule has 0 spiro atoms. The summed E-state index contributed by atoms with van der Waals surface area (Å²) in [5, 5.41) is 3.24. The zero-order valence-electron chi connectivity index (χ0n) is 12.1. The number of anilines is 1. The molecular weight excluding hydrogens is 338 g/mol. The van der Waals surface area contributed by atoms with Crippen LogP contribution in [0.4, 0.5) is 5.95 Å². The smallest absolute Gasteiger partial charge is 0.357 e. The number of hydrogen-bond donors (Lipinski definition) is 1. The average molecular weight is 358 g/mol. The van der Waals surface area contributed by atoms with Crippen molar-refractivity contribution < 1.29 is 14.3 Å². The molecule has 0 bridgehead atoms. The van der Waals surface area contributed by atoms with Crippen LogP contribution in [0.2, 0.25) is 0 Å². The van der Waals surface area contributed by atoms with E-state index < -0.39 is 5.97 Å². The first kappa shape index (κ1) is 16.2. The van der Waals surface area contributed by atoms with Gasteiger partial charge in [0.05, 0.1) is 6.61 Å². The molecule has 0 aliphatic carbocycles. The molecule has 0 saturated carbocycles. The van der Waals surface area contributed by atoms with Crippen molar-refractivity contribution in [3.63, 3.8) is 0 Å². The lowest BCUT2D eigenvalue weighted by Gasteiger charge is -2.23. The highest BCUT2D eigenvalue weighted by Gasteiger charge is 2.17. The zero-order valence-corrected chi connectivity index (χ0v) is 13.7. The van der Waals surface area contributed by atoms with Crippen molar-refractivity contribution >= 4 is 27.8 Å². The van der Waals surface area contributed by atoms with Crippen molar-refractivity contribution in [3.8, 4) is 0 Å². The highest BCUT2D eigenvalue weighted by atomic mass is 79.9. The van der Waals surface area contributed by atoms with E-state index in [1.54, 1.807) is 6.07 Å². The molecule has 1 aromatic heterocycles. The number of hydrogen-bond acceptors (Lipinski definition) is 6. The quantitative estimate of drug-likeness (QED) is 0.479. The standard InChI is InChI=1S/C14H20BrN3O3/c1-2-3-6-21-13(19)11-9-12(15)18-14(17-11)16-10-4-7-20-8-5-10/h9-10H,2-8H2,1H3,(H,16,17,18). The van der Waals surface area contributed by atoms with Crippen molar-refractivity contribution in [2.45, 2.75) is 38.6 Å². The number of esters is 1. The van der Waals surface area contributed by atoms with Crippen LogP contribution in [0.25, 0.3) is 0 Å². The van der Waals surface area contributed by atoms with Gasteiger partial charge in [0.1, 0.15) is 4.60 Å². The third-order valence-electron chi connectivity index (χ3n) is 3.19. The van der Waals surface area contributed by atoms with Gasteiger partial charge in [-0.3, -0.25) is 0 Å². The molecule has 1 N–H and O–H groups in total. The minimum absolute atomic E-state index is 0.266. The molecule has 0 aromatic carbocycles. The van der Waals surface area contributed by atoms with Crippen molar-refractivity contribution in [1.29, 1.82) is 0 Å². The molecule has 2 heterocycles. The monoisotopic (exact) mass is 357 g/mol. The van der Waals surface area contributed by atoms with Gasteiger partial charge in [0, 0.05) is 25.3 Å². The van der Waals surface area contributed by atoms with Gasteiger partial charge in [-0.05, 0) is 35.2 Å². The molecule has 0 atom stereocenters. The SMILES string of the molecule is CCCCOC(=O)c1cc(Br)nc(NC2CCOCC2)n1. The van der Waals surface area contributed by atoms with Crippen molar-refractivity contribution in [1.82, 2.24) is 9.97 Å². The Balaban J connectivity index is 2.00. The predicted octanol–water partition coefficient (Wildman–Crippen LogP) is 2.79. The Kier molecular flexibility index (Phi) is 6.38. The molecule has 1 aliphatic rings. The summed E-state index contributed by atoms with van der Waals surface area (Å²) in [6, 6.07) is 1.85. The number of carbonyl (C=O) groups excluding carboxylic acids is 1. The van der Waals surface area contributed by atoms with Gasteiger partial charge in [0.15, 0.2) is 5.69 Å². The van der Waals surface area contributed by atoms with E-state index in [-0.39, 0.29) is 11.7 Å². The number of rotatable bonds is 6. The summed E-state index contributed by atoms with van der Waals surface area (Å²) in [5.74, 6) is 0.0281. The number of ether oxygens (including phenoxy) is 2. The van der Waals surface area contributed by atoms with E-state index >= 15 is 0 Å². The predicted molar refractivity (Wildman–Crippen MR) is 82.4 cm³/mol. The normalized spacial score (nSPS) is 15.7. The van der Waals surface area contributed by atoms with Crippen molar-refractivity contribution in [2.75, 3.05) is 25.1 Å². The molecule has 6 nitrogen and oxygen atoms in total. The summed E-state index contributed by atoms with van der Waals surface area (Å²) in [6.45, 7) is 3.93. The first-order valence-corrected chi connectivity index (χ1v) is 8.04. The van der Waals surface area contributed by atoms with E-state index in [0.29, 0.717) is 17.2 Å². The lowest BCUT2D eigenvalue weighted by molar-refractivity contribution is 0.0492. The van der Waals surface area contributed by atoms with Crippen LogP contribution in [0.3, 0.4) is 0 Å². The van der Waals surface area contributed by atoms with Gasteiger partial charge in [-0.1, -0.05) is 13.3 Å². The molecule has 1 aliphatic heterocycles. The molecule has 1 saturated heterocycles. The second-order valence-corrected chi connectivity index (χ2v) is 5.73. The Bertz CT molecular complexity index is 479. The van der Waals surface area contributed by atoms with Gasteiger partial charge in [-0.2, -0.15) is 0 Å². The molecule has 0 unspecified atom stereocenters. The van der Waals surface area contributed by atoms with Gasteiger partial charge < -0.3 is 14.8 Å². The number of unbranched alkanes of at least 4 members (excludes halogenated alkanes) is 1. The fourth-order valence-electron chi connectivity index (χ4n) is 1.99. The molecular formula is C14H20BrN3O3. The Morgan fingerprint density at radius 3 is 2.95 bits per heavy atom. The van der Waals surface area contributed by atoms with Crippen LogP contribution in [0.5, 0.6) is 0 Å². The van der Waals surface area contributed by atoms with Crippen LogP contribution in [-0.4, -0.2) is 41.8 Å². The fraction of sp³-hybridized carbons (Fsp3) is 0.643. The maximum atomic E-state index is 11.9. The highest BCUT2D eigenvalue weighted by molar-refractivity contribution is 9.10. The Morgan fingerprint density at radius 2 is 2.24 bits per heavy atom. The number of nitrogens with one attached hydrogen (secondary N) is 1. The molecule has 0 radical (unpaired) electrons. The van der Waals surface area contributed by atoms with Crippen molar-refractivity contribution in [3.05, 3.63) is 16.4 Å². The second-order valence-electron chi connectivity index (χ2n) is 4.92. The van der Waals surface area contributed by atoms with Crippen LogP contribution >= 0.6 is 15.9 Å². The van der Waals surface area contributed by atoms with E-state index in [0.717, 1.165) is 38.9 Å². The van der Waals surface area contributed by atoms with E-state index in [1.165, 1.54) is 0 Å². The lowest BCUT2D eigenvalue weighted by Crippen LogP contribution is -2.29. The molecule has 21 heavy (non-hydrogen) atoms. The maximum Gasteiger partial charge on any atom is 0.357 e. The molecule has 116 valence electrons. The van der Waals surface area contributed by atoms with Crippen LogP contribution in [0.15, 0.2) is 10.7 Å². The first-order chi connectivity index (χ1) is 10.2. The summed E-state index contributed by atoms with van der Waals surface area (Å²) in [5.41, 5.74) is 0.266. The number of halogens is 1. The Hall–Kier alpha value is -1.21. The number of carbonyl (C=O) groups is 1. The highest BCUT2D eigenvalue weighted by Crippen LogP contribution is 2.16. The molecule has 1 fully saturated rings. The third kappa shape index (κ3) is 5.24. The lowest BCUT2D eigenvalue weighted by atomic mass is 10.1. The van der Waals surface area contributed by atoms with Crippen molar-refractivity contribution in [2.24, 2.45) is 0 Å². The average Bonchev–Trinajstić information content (AvgIpc) is 2.48. The Labute approximate surface area is 132 Å². The van der Waals surface area contributed by atoms with Crippen LogP contribution < -0.4 is 5.32 Å². The number of aromatic nitrogens is 2. The van der Waals surface area contributed by atoms with Gasteiger partial charge in [-0.25, -0.2) is 14.8 Å². The van der Waals surface area contributed by atoms with Gasteiger partial charge in [-0.15, -0.1) is 0 Å². The topological polar surface area (TPSA) is 73.3 Å². The summed E-state index contributed by atoms with van der Waals surface area (Å²) < 4.78 is 11.0. The number of nitrogens with zero attached hydrogens (tertiary/aromatic N) is 2. The summed E-state index contributed by atoms with van der Waals surface area (Å²) in [4.78, 5) is 20.4. The van der Waals surface area contributed by atoms with Gasteiger partial charge in [0.25, 0.3) is 0 Å². The van der Waals surface area contributed by atoms with Crippen LogP contribution in [0, 0.1) is 0 Å². The van der Waals surface area contributed by atoms with E-state index in [1.807, 2.05) is 6.92 Å². The van der Waals surface area contributed by atoms with E-state index in [4.69, 9.17) is 9.47 Å². The first-order valence-electron chi connectivity index (χ1n) is 7.25. The molecule has 2 rings (SSSR count). The summed E-state index contributed by atoms with van der Waals surface area (Å²) in [6.07, 6.45) is 3.65. The second kappa shape index (κ2) is 8.29. The van der Waals surface area contributed by atoms with Gasteiger partial charge in [0.2, 0.25) is 5.95 Å². The third-order valence-corrected chi connectivity index (χ3v) is 3.60. The van der Waals surface area contributed by atoms with Gasteiger partial charge >= 0.3 is 5.97 Å². The molecule has 1 aromatic rings. The van der Waals surface area contributed by atoms with Crippen LogP contribution in [0.1, 0.15) is 43.1 Å².